The van der Waals surface area contributed by atoms with E-state index in [1.165, 1.54) is 117 Å². The molecule has 2 nitrogen and oxygen atoms in total. The fraction of sp³-hybridized carbons (Fsp3) is 0.553. The van der Waals surface area contributed by atoms with Crippen molar-refractivity contribution < 1.29 is 44.3 Å². The van der Waals surface area contributed by atoms with Gasteiger partial charge < -0.3 is 35.4 Å². The third-order valence-corrected chi connectivity index (χ3v) is 20.0. The SMILES string of the molecule is Cc1cc(C)c(C2CC(c3c(C)cc(C)cc3C)(P(=CCc3ccccc3)(C3CCCCC3)C3CCCCC3)CCC2=C2NCCN2)c(C)c1.[Cl-].[Cl-].[Ru+2]. The van der Waals surface area contributed by atoms with Crippen LogP contribution in [0.3, 0.4) is 0 Å². The molecule has 0 radical (unpaired) electrons. The summed E-state index contributed by atoms with van der Waals surface area (Å²) in [7, 11) is 0. The third kappa shape index (κ3) is 8.61. The number of hydrogen-bond donors (Lipinski definition) is 2. The summed E-state index contributed by atoms with van der Waals surface area (Å²) < 4.78 is 0. The first-order valence-electron chi connectivity index (χ1n) is 20.4. The molecular weight excluding hydrogens is 795 g/mol. The van der Waals surface area contributed by atoms with Crippen molar-refractivity contribution in [3.05, 3.63) is 116 Å². The zero-order valence-electron chi connectivity index (χ0n) is 33.4. The van der Waals surface area contributed by atoms with E-state index in [0.717, 1.165) is 30.8 Å². The first-order valence-corrected chi connectivity index (χ1v) is 22.4. The van der Waals surface area contributed by atoms with E-state index in [0.29, 0.717) is 5.92 Å². The molecule has 0 spiro atoms. The predicted octanol–water partition coefficient (Wildman–Crippen LogP) is 5.84. The van der Waals surface area contributed by atoms with Crippen molar-refractivity contribution in [3.63, 3.8) is 0 Å². The molecule has 3 aromatic rings. The van der Waals surface area contributed by atoms with Gasteiger partial charge in [0.05, 0.1) is 5.82 Å². The van der Waals surface area contributed by atoms with Crippen molar-refractivity contribution in [2.45, 2.75) is 154 Å². The molecule has 2 atom stereocenters. The molecule has 1 heterocycles. The van der Waals surface area contributed by atoms with Crippen molar-refractivity contribution in [2.24, 2.45) is 0 Å². The molecule has 0 aromatic heterocycles. The summed E-state index contributed by atoms with van der Waals surface area (Å²) >= 11 is 0. The van der Waals surface area contributed by atoms with Gasteiger partial charge in [0.25, 0.3) is 0 Å². The Morgan fingerprint density at radius 1 is 0.679 bits per heavy atom. The second kappa shape index (κ2) is 19.1. The summed E-state index contributed by atoms with van der Waals surface area (Å²) in [4.78, 5) is 0. The van der Waals surface area contributed by atoms with E-state index < -0.39 is 6.89 Å². The molecule has 0 amide bonds. The van der Waals surface area contributed by atoms with Gasteiger partial charge in [0.15, 0.2) is 0 Å². The zero-order chi connectivity index (χ0) is 34.9. The van der Waals surface area contributed by atoms with Crippen LogP contribution in [0.25, 0.3) is 0 Å². The van der Waals surface area contributed by atoms with E-state index >= 15 is 0 Å². The average molecular weight is 861 g/mol. The van der Waals surface area contributed by atoms with Gasteiger partial charge >= 0.3 is 19.5 Å². The van der Waals surface area contributed by atoms with Gasteiger partial charge in [0, 0.05) is 24.2 Å². The number of benzene rings is 3. The second-order valence-corrected chi connectivity index (χ2v) is 21.3. The Bertz CT molecular complexity index is 1700. The van der Waals surface area contributed by atoms with Crippen molar-refractivity contribution in [1.29, 1.82) is 0 Å². The van der Waals surface area contributed by atoms with Crippen LogP contribution in [0, 0.1) is 41.5 Å². The Balaban J connectivity index is 0.00000209. The van der Waals surface area contributed by atoms with E-state index in [1.54, 1.807) is 27.8 Å². The van der Waals surface area contributed by atoms with Crippen molar-refractivity contribution in [1.82, 2.24) is 10.6 Å². The van der Waals surface area contributed by atoms with Crippen LogP contribution < -0.4 is 35.4 Å². The summed E-state index contributed by atoms with van der Waals surface area (Å²) in [6.07, 6.45) is 19.1. The minimum absolute atomic E-state index is 0. The summed E-state index contributed by atoms with van der Waals surface area (Å²) in [5.74, 6) is 4.89. The summed E-state index contributed by atoms with van der Waals surface area (Å²) in [5.41, 5.74) is 17.1. The topological polar surface area (TPSA) is 24.1 Å². The molecule has 2 unspecified atom stereocenters. The maximum absolute atomic E-state index is 3.86. The molecule has 290 valence electrons. The van der Waals surface area contributed by atoms with Gasteiger partial charge in [0.1, 0.15) is 0 Å². The smallest absolute Gasteiger partial charge is 1.00 e. The Morgan fingerprint density at radius 3 is 1.68 bits per heavy atom. The fourth-order valence-electron chi connectivity index (χ4n) is 12.1. The van der Waals surface area contributed by atoms with Gasteiger partial charge in [-0.1, -0.05) is 117 Å². The maximum atomic E-state index is 3.86. The Labute approximate surface area is 348 Å². The summed E-state index contributed by atoms with van der Waals surface area (Å²) in [6, 6.07) is 21.6. The van der Waals surface area contributed by atoms with E-state index in [1.807, 2.05) is 0 Å². The summed E-state index contributed by atoms with van der Waals surface area (Å²) in [6.45, 7) is 14.7. The van der Waals surface area contributed by atoms with Crippen molar-refractivity contribution >= 4 is 12.7 Å². The second-order valence-electron chi connectivity index (χ2n) is 16.9. The molecule has 1 aliphatic heterocycles. The molecule has 7 rings (SSSR count). The third-order valence-electron chi connectivity index (χ3n) is 13.6. The normalized spacial score (nSPS) is 22.5. The molecule has 4 aliphatic rings. The van der Waals surface area contributed by atoms with E-state index in [2.05, 4.69) is 113 Å². The Kier molecular flexibility index (Phi) is 15.9. The van der Waals surface area contributed by atoms with Crippen molar-refractivity contribution in [2.75, 3.05) is 13.1 Å². The predicted molar refractivity (Wildman–Crippen MR) is 219 cm³/mol. The van der Waals surface area contributed by atoms with Gasteiger partial charge in [-0.15, -0.1) is 0 Å². The molecule has 2 N–H and O–H groups in total. The van der Waals surface area contributed by atoms with Gasteiger partial charge in [-0.25, -0.2) is 0 Å². The van der Waals surface area contributed by atoms with Gasteiger partial charge in [-0.05, 0) is 149 Å². The summed E-state index contributed by atoms with van der Waals surface area (Å²) in [5, 5.41) is 7.87. The number of aryl methyl sites for hydroxylation is 6. The number of nitrogens with one attached hydrogen (secondary N) is 2. The molecule has 3 aromatic carbocycles. The minimum atomic E-state index is -1.75. The Morgan fingerprint density at radius 2 is 1.17 bits per heavy atom. The van der Waals surface area contributed by atoms with Gasteiger partial charge in [-0.2, -0.15) is 0 Å². The molecule has 6 heteroatoms. The van der Waals surface area contributed by atoms with Crippen LogP contribution in [-0.4, -0.2) is 30.2 Å². The fourth-order valence-corrected chi connectivity index (χ4v) is 19.7. The molecule has 3 saturated carbocycles. The quantitative estimate of drug-likeness (QED) is 0.231. The number of rotatable bonds is 7. The first-order chi connectivity index (χ1) is 24.2. The number of hydrogen-bond acceptors (Lipinski definition) is 2. The van der Waals surface area contributed by atoms with E-state index in [9.17, 15) is 0 Å². The minimum Gasteiger partial charge on any atom is -1.00 e. The van der Waals surface area contributed by atoms with E-state index in [-0.39, 0.29) is 49.4 Å². The molecule has 53 heavy (non-hydrogen) atoms. The molecule has 4 fully saturated rings. The van der Waals surface area contributed by atoms with Crippen LogP contribution in [0.2, 0.25) is 0 Å². The molecular formula is C47H65Cl2N2PRu. The number of allylic oxidation sites excluding steroid dienone is 1. The van der Waals surface area contributed by atoms with Gasteiger partial charge in [-0.3, -0.25) is 0 Å². The molecule has 0 bridgehead atoms. The largest absolute Gasteiger partial charge is 2.00 e. The van der Waals surface area contributed by atoms with Crippen LogP contribution in [0.4, 0.5) is 0 Å². The maximum Gasteiger partial charge on any atom is 2.00 e. The monoisotopic (exact) mass is 860 g/mol. The Hall–Kier alpha value is -1.50. The average Bonchev–Trinajstić information content (AvgIpc) is 3.64. The first kappa shape index (κ1) is 44.2. The van der Waals surface area contributed by atoms with Crippen LogP contribution in [0.1, 0.15) is 139 Å². The van der Waals surface area contributed by atoms with Crippen LogP contribution in [0.5, 0.6) is 0 Å². The molecule has 3 aliphatic carbocycles. The van der Waals surface area contributed by atoms with Crippen LogP contribution >= 0.6 is 6.89 Å². The molecule has 1 saturated heterocycles. The van der Waals surface area contributed by atoms with Crippen LogP contribution in [0.15, 0.2) is 66.0 Å². The van der Waals surface area contributed by atoms with Gasteiger partial charge in [0.2, 0.25) is 0 Å². The van der Waals surface area contributed by atoms with Crippen LogP contribution in [-0.2, 0) is 31.1 Å². The zero-order valence-corrected chi connectivity index (χ0v) is 37.5. The van der Waals surface area contributed by atoms with Crippen molar-refractivity contribution in [3.8, 4) is 0 Å². The standard InChI is InChI=1S/C47H65N2P.2ClH.Ru/c1-33-28-35(3)44(36(4)29-33)43-32-47(24-22-42(43)46-48-25-26-49-46,45-37(5)30-34(2)31-38(45)6)50(40-18-12-8-13-19-40,41-20-14-9-15-21-41)27-23-39-16-10-7-11-17-39;;;/h7,10-11,16-17,27-31,40-41,43,48-49H,8-9,12-15,18-26,32H2,1-6H3;2*1H;/q;;;+2/p-2. The van der Waals surface area contributed by atoms with E-state index in [4.69, 9.17) is 0 Å². The number of halogens is 2.